The minimum Gasteiger partial charge on any atom is -0.356 e. The molecule has 1 atom stereocenters. The molecule has 1 fully saturated rings. The van der Waals surface area contributed by atoms with E-state index in [4.69, 9.17) is 4.99 Å². The molecule has 0 radical (unpaired) electrons. The van der Waals surface area contributed by atoms with Crippen molar-refractivity contribution in [2.24, 2.45) is 10.9 Å². The van der Waals surface area contributed by atoms with Gasteiger partial charge in [-0.15, -0.1) is 35.3 Å². The highest BCUT2D eigenvalue weighted by Crippen LogP contribution is 2.22. The summed E-state index contributed by atoms with van der Waals surface area (Å²) in [6.45, 7) is 5.37. The van der Waals surface area contributed by atoms with Gasteiger partial charge < -0.3 is 10.2 Å². The van der Waals surface area contributed by atoms with Crippen LogP contribution in [-0.4, -0.2) is 55.4 Å². The Bertz CT molecular complexity index is 675. The molecule has 0 saturated carbocycles. The predicted octanol–water partition coefficient (Wildman–Crippen LogP) is 1.91. The summed E-state index contributed by atoms with van der Waals surface area (Å²) in [6.07, 6.45) is 2.73. The summed E-state index contributed by atoms with van der Waals surface area (Å²) in [5.74, 6) is 1.69. The molecular formula is C15H25IN4O2S2. The number of fused-ring (bicyclic) bond motifs is 1. The van der Waals surface area contributed by atoms with E-state index in [1.54, 1.807) is 11.3 Å². The van der Waals surface area contributed by atoms with Gasteiger partial charge in [0.15, 0.2) is 15.8 Å². The molecule has 136 valence electrons. The van der Waals surface area contributed by atoms with E-state index in [1.165, 1.54) is 10.6 Å². The number of hydrogen-bond donors (Lipinski definition) is 1. The molecule has 0 amide bonds. The van der Waals surface area contributed by atoms with Crippen LogP contribution >= 0.6 is 35.3 Å². The molecule has 6 nitrogen and oxygen atoms in total. The zero-order chi connectivity index (χ0) is 16.3. The van der Waals surface area contributed by atoms with Crippen molar-refractivity contribution in [1.29, 1.82) is 0 Å². The second-order valence-electron chi connectivity index (χ2n) is 6.25. The molecule has 0 aliphatic carbocycles. The lowest BCUT2D eigenvalue weighted by molar-refractivity contribution is 0.378. The molecule has 1 N–H and O–H groups in total. The molecule has 2 aliphatic rings. The van der Waals surface area contributed by atoms with Crippen molar-refractivity contribution in [2.75, 3.05) is 31.1 Å². The lowest BCUT2D eigenvalue weighted by Crippen LogP contribution is -2.44. The van der Waals surface area contributed by atoms with Gasteiger partial charge in [0, 0.05) is 30.9 Å². The van der Waals surface area contributed by atoms with Gasteiger partial charge in [0.25, 0.3) is 0 Å². The fourth-order valence-corrected chi connectivity index (χ4v) is 5.71. The molecule has 1 unspecified atom stereocenters. The molecule has 1 aromatic heterocycles. The minimum absolute atomic E-state index is 0. The van der Waals surface area contributed by atoms with Crippen LogP contribution in [-0.2, 0) is 22.8 Å². The van der Waals surface area contributed by atoms with Crippen LogP contribution in [0.1, 0.15) is 30.3 Å². The van der Waals surface area contributed by atoms with Gasteiger partial charge in [-0.1, -0.05) is 6.92 Å². The fourth-order valence-electron chi connectivity index (χ4n) is 3.04. The van der Waals surface area contributed by atoms with E-state index in [9.17, 15) is 8.42 Å². The van der Waals surface area contributed by atoms with Gasteiger partial charge in [-0.05, 0) is 18.8 Å². The average Bonchev–Trinajstić information content (AvgIpc) is 3.12. The van der Waals surface area contributed by atoms with Crippen molar-refractivity contribution in [2.45, 2.75) is 32.7 Å². The average molecular weight is 484 g/mol. The number of halogens is 1. The van der Waals surface area contributed by atoms with Crippen molar-refractivity contribution in [1.82, 2.24) is 15.2 Å². The van der Waals surface area contributed by atoms with Gasteiger partial charge in [-0.3, -0.25) is 4.99 Å². The number of hydrogen-bond acceptors (Lipinski definition) is 5. The van der Waals surface area contributed by atoms with Gasteiger partial charge >= 0.3 is 0 Å². The molecule has 0 spiro atoms. The third-order valence-electron chi connectivity index (χ3n) is 4.34. The summed E-state index contributed by atoms with van der Waals surface area (Å²) < 4.78 is 23.2. The van der Waals surface area contributed by atoms with Crippen molar-refractivity contribution < 1.29 is 8.42 Å². The second-order valence-corrected chi connectivity index (χ2v) is 9.42. The Morgan fingerprint density at radius 2 is 2.38 bits per heavy atom. The minimum atomic E-state index is -2.83. The molecule has 3 heterocycles. The summed E-state index contributed by atoms with van der Waals surface area (Å²) in [7, 11) is -2.83. The number of nitrogens with one attached hydrogen (secondary N) is 1. The van der Waals surface area contributed by atoms with E-state index < -0.39 is 9.84 Å². The highest BCUT2D eigenvalue weighted by atomic mass is 127. The van der Waals surface area contributed by atoms with Gasteiger partial charge in [-0.2, -0.15) is 0 Å². The van der Waals surface area contributed by atoms with E-state index >= 15 is 0 Å². The molecule has 3 rings (SSSR count). The molecular weight excluding hydrogens is 459 g/mol. The Hall–Kier alpha value is -0.420. The standard InChI is InChI=1S/C15H24N4O2S2.HI/c1-2-5-16-15(17-8-12-4-7-23(20,21)10-12)19-6-3-13-14(9-19)22-11-18-13;/h11-12H,2-10H2,1H3,(H,16,17);1H. The Balaban J connectivity index is 0.00000208. The Morgan fingerprint density at radius 3 is 3.08 bits per heavy atom. The van der Waals surface area contributed by atoms with Crippen LogP contribution in [0, 0.1) is 5.92 Å². The lowest BCUT2D eigenvalue weighted by atomic mass is 10.1. The highest BCUT2D eigenvalue weighted by Gasteiger charge is 2.28. The van der Waals surface area contributed by atoms with Crippen LogP contribution in [0.4, 0.5) is 0 Å². The largest absolute Gasteiger partial charge is 0.356 e. The highest BCUT2D eigenvalue weighted by molar-refractivity contribution is 14.0. The molecule has 1 aromatic rings. The van der Waals surface area contributed by atoms with Crippen LogP contribution < -0.4 is 5.32 Å². The van der Waals surface area contributed by atoms with Gasteiger partial charge in [0.05, 0.1) is 29.3 Å². The van der Waals surface area contributed by atoms with E-state index in [0.717, 1.165) is 44.9 Å². The second kappa shape index (κ2) is 8.79. The Kier molecular flexibility index (Phi) is 7.29. The van der Waals surface area contributed by atoms with Crippen molar-refractivity contribution in [3.8, 4) is 0 Å². The first-order valence-corrected chi connectivity index (χ1v) is 10.9. The number of nitrogens with zero attached hydrogens (tertiary/aromatic N) is 3. The van der Waals surface area contributed by atoms with Crippen LogP contribution in [0.5, 0.6) is 0 Å². The lowest BCUT2D eigenvalue weighted by Gasteiger charge is -2.30. The van der Waals surface area contributed by atoms with Gasteiger partial charge in [-0.25, -0.2) is 13.4 Å². The maximum absolute atomic E-state index is 11.6. The smallest absolute Gasteiger partial charge is 0.194 e. The van der Waals surface area contributed by atoms with E-state index in [-0.39, 0.29) is 35.6 Å². The molecule has 0 bridgehead atoms. The Labute approximate surface area is 165 Å². The third kappa shape index (κ3) is 5.04. The van der Waals surface area contributed by atoms with Crippen molar-refractivity contribution in [3.05, 3.63) is 16.1 Å². The molecule has 9 heteroatoms. The first-order chi connectivity index (χ1) is 11.1. The normalized spacial score (nSPS) is 22.8. The Morgan fingerprint density at radius 1 is 1.54 bits per heavy atom. The van der Waals surface area contributed by atoms with E-state index in [0.29, 0.717) is 12.3 Å². The molecule has 0 aromatic carbocycles. The number of aromatic nitrogens is 1. The summed E-state index contributed by atoms with van der Waals surface area (Å²) in [5, 5.41) is 3.42. The topological polar surface area (TPSA) is 74.7 Å². The summed E-state index contributed by atoms with van der Waals surface area (Å²) in [5.41, 5.74) is 3.12. The number of thiazole rings is 1. The third-order valence-corrected chi connectivity index (χ3v) is 7.03. The van der Waals surface area contributed by atoms with E-state index in [1.807, 2.05) is 5.51 Å². The number of sulfone groups is 1. The molecule has 2 aliphatic heterocycles. The molecule has 24 heavy (non-hydrogen) atoms. The number of aliphatic imine (C=N–C) groups is 1. The van der Waals surface area contributed by atoms with Gasteiger partial charge in [0.2, 0.25) is 0 Å². The first-order valence-electron chi connectivity index (χ1n) is 8.22. The van der Waals surface area contributed by atoms with Gasteiger partial charge in [0.1, 0.15) is 0 Å². The van der Waals surface area contributed by atoms with E-state index in [2.05, 4.69) is 22.1 Å². The summed E-state index contributed by atoms with van der Waals surface area (Å²) in [6, 6.07) is 0. The van der Waals surface area contributed by atoms with Crippen molar-refractivity contribution in [3.63, 3.8) is 0 Å². The van der Waals surface area contributed by atoms with Crippen LogP contribution in [0.25, 0.3) is 0 Å². The molecule has 1 saturated heterocycles. The first kappa shape index (κ1) is 19.9. The quantitative estimate of drug-likeness (QED) is 0.402. The van der Waals surface area contributed by atoms with Crippen LogP contribution in [0.15, 0.2) is 10.5 Å². The predicted molar refractivity (Wildman–Crippen MR) is 109 cm³/mol. The zero-order valence-corrected chi connectivity index (χ0v) is 17.9. The summed E-state index contributed by atoms with van der Waals surface area (Å²) in [4.78, 5) is 12.7. The maximum atomic E-state index is 11.6. The fraction of sp³-hybridized carbons (Fsp3) is 0.733. The number of rotatable bonds is 4. The van der Waals surface area contributed by atoms with Crippen LogP contribution in [0.2, 0.25) is 0 Å². The number of guanidine groups is 1. The van der Waals surface area contributed by atoms with Crippen LogP contribution in [0.3, 0.4) is 0 Å². The SMILES string of the molecule is CCCNC(=NCC1CCS(=O)(=O)C1)N1CCc2ncsc2C1.I. The monoisotopic (exact) mass is 484 g/mol. The summed E-state index contributed by atoms with van der Waals surface area (Å²) >= 11 is 1.70. The zero-order valence-electron chi connectivity index (χ0n) is 13.9. The van der Waals surface area contributed by atoms with Crippen molar-refractivity contribution >= 4 is 51.1 Å². The maximum Gasteiger partial charge on any atom is 0.194 e.